The molecule has 10 heteroatoms. The van der Waals surface area contributed by atoms with Crippen molar-refractivity contribution in [3.05, 3.63) is 47.5 Å². The monoisotopic (exact) mass is 499 g/mol. The number of methoxy groups -OCH3 is 1. The number of sulfonamides is 1. The van der Waals surface area contributed by atoms with E-state index in [1.54, 1.807) is 29.2 Å². The van der Waals surface area contributed by atoms with Crippen LogP contribution in [0.25, 0.3) is 0 Å². The van der Waals surface area contributed by atoms with E-state index < -0.39 is 21.5 Å². The molecule has 186 valence electrons. The number of benzene rings is 2. The second kappa shape index (κ2) is 8.83. The molecule has 9 nitrogen and oxygen atoms in total. The average molecular weight is 500 g/mol. The number of nitrogens with zero attached hydrogens (tertiary/aromatic N) is 2. The third-order valence-corrected chi connectivity index (χ3v) is 8.79. The molecule has 0 atom stereocenters. The molecule has 1 amide bonds. The zero-order valence-corrected chi connectivity index (χ0v) is 20.7. The minimum atomic E-state index is -4.00. The molecule has 5 rings (SSSR count). The lowest BCUT2D eigenvalue weighted by Gasteiger charge is -2.37. The molecule has 1 spiro atoms. The molecule has 1 saturated heterocycles. The number of nitrogens with one attached hydrogen (secondary N) is 1. The number of hydrogen-bond donors (Lipinski definition) is 1. The first-order valence-electron chi connectivity index (χ1n) is 11.8. The van der Waals surface area contributed by atoms with Gasteiger partial charge >= 0.3 is 6.09 Å². The van der Waals surface area contributed by atoms with Crippen molar-refractivity contribution in [2.45, 2.75) is 36.0 Å². The first kappa shape index (κ1) is 23.6. The van der Waals surface area contributed by atoms with E-state index in [1.807, 2.05) is 7.05 Å². The molecule has 0 bridgehead atoms. The lowest BCUT2D eigenvalue weighted by atomic mass is 9.64. The highest BCUT2D eigenvalue weighted by Gasteiger charge is 2.51. The van der Waals surface area contributed by atoms with E-state index in [2.05, 4.69) is 9.62 Å². The Labute approximate surface area is 205 Å². The van der Waals surface area contributed by atoms with Crippen LogP contribution in [-0.2, 0) is 26.7 Å². The molecule has 2 aromatic rings. The van der Waals surface area contributed by atoms with Crippen LogP contribution in [0.5, 0.6) is 11.5 Å². The van der Waals surface area contributed by atoms with Crippen LogP contribution >= 0.6 is 0 Å². The summed E-state index contributed by atoms with van der Waals surface area (Å²) < 4.78 is 40.1. The van der Waals surface area contributed by atoms with Crippen LogP contribution in [0.2, 0.25) is 0 Å². The summed E-state index contributed by atoms with van der Waals surface area (Å²) in [6.45, 7) is 2.57. The molecule has 3 aliphatic rings. The molecule has 2 aromatic carbocycles. The smallest absolute Gasteiger partial charge is 0.415 e. The molecule has 0 aromatic heterocycles. The van der Waals surface area contributed by atoms with E-state index in [0.717, 1.165) is 25.1 Å². The first-order valence-corrected chi connectivity index (χ1v) is 13.2. The standard InChI is InChI=1S/C25H29N3O6S/c1-27-10-12-28(13-11-27)24(30)34-21-15-17(14-19-18(21)16-23(29)25(19)8-5-9-25)26-35(31,32)22-7-4-3-6-20(22)33-2/h3-4,6-7,14-15,26H,5,8-13,16H2,1-2H3. The Morgan fingerprint density at radius 2 is 1.77 bits per heavy atom. The Kier molecular flexibility index (Phi) is 5.96. The van der Waals surface area contributed by atoms with Crippen LogP contribution in [0, 0.1) is 0 Å². The van der Waals surface area contributed by atoms with Crippen LogP contribution in [0.3, 0.4) is 0 Å². The predicted octanol–water partition coefficient (Wildman–Crippen LogP) is 2.79. The number of ether oxygens (including phenoxy) is 2. The Balaban J connectivity index is 1.51. The van der Waals surface area contributed by atoms with Crippen LogP contribution in [0.15, 0.2) is 41.3 Å². The number of Topliss-reactive ketones (excluding diaryl/α,β-unsaturated/α-hetero) is 1. The van der Waals surface area contributed by atoms with Crippen LogP contribution in [-0.4, -0.2) is 70.4 Å². The molecule has 2 aliphatic carbocycles. The summed E-state index contributed by atoms with van der Waals surface area (Å²) >= 11 is 0. The van der Waals surface area contributed by atoms with E-state index in [9.17, 15) is 18.0 Å². The van der Waals surface area contributed by atoms with Crippen LogP contribution in [0.1, 0.15) is 30.4 Å². The van der Waals surface area contributed by atoms with E-state index in [-0.39, 0.29) is 34.3 Å². The number of amides is 1. The van der Waals surface area contributed by atoms with Gasteiger partial charge in [0.25, 0.3) is 10.0 Å². The molecule has 35 heavy (non-hydrogen) atoms. The molecule has 0 radical (unpaired) electrons. The highest BCUT2D eigenvalue weighted by atomic mass is 32.2. The minimum Gasteiger partial charge on any atom is -0.495 e. The summed E-state index contributed by atoms with van der Waals surface area (Å²) in [6, 6.07) is 9.56. The number of rotatable bonds is 5. The number of fused-ring (bicyclic) bond motifs is 2. The maximum absolute atomic E-state index is 13.2. The zero-order chi connectivity index (χ0) is 24.8. The molecule has 1 heterocycles. The van der Waals surface area contributed by atoms with E-state index >= 15 is 0 Å². The van der Waals surface area contributed by atoms with Crippen molar-refractivity contribution in [2.24, 2.45) is 0 Å². The van der Waals surface area contributed by atoms with Crippen molar-refractivity contribution < 1.29 is 27.5 Å². The summed E-state index contributed by atoms with van der Waals surface area (Å²) in [5, 5.41) is 0. The Bertz CT molecular complexity index is 1280. The zero-order valence-electron chi connectivity index (χ0n) is 19.9. The number of hydrogen-bond acceptors (Lipinski definition) is 7. The van der Waals surface area contributed by atoms with E-state index in [4.69, 9.17) is 9.47 Å². The van der Waals surface area contributed by atoms with Gasteiger partial charge in [-0.15, -0.1) is 0 Å². The number of ketones is 1. The number of piperazine rings is 1. The van der Waals surface area contributed by atoms with Gasteiger partial charge in [0.15, 0.2) is 0 Å². The lowest BCUT2D eigenvalue weighted by Crippen LogP contribution is -2.48. The first-order chi connectivity index (χ1) is 16.7. The molecule has 2 fully saturated rings. The molecular weight excluding hydrogens is 470 g/mol. The Hall–Kier alpha value is -3.11. The van der Waals surface area contributed by atoms with Crippen molar-refractivity contribution in [1.29, 1.82) is 0 Å². The number of likely N-dealkylation sites (N-methyl/N-ethyl adjacent to an activating group) is 1. The number of para-hydroxylation sites is 1. The van der Waals surface area contributed by atoms with Gasteiger partial charge in [-0.3, -0.25) is 9.52 Å². The highest BCUT2D eigenvalue weighted by Crippen LogP contribution is 2.53. The van der Waals surface area contributed by atoms with E-state index in [1.165, 1.54) is 19.2 Å². The fourth-order valence-electron chi connectivity index (χ4n) is 5.16. The second-order valence-electron chi connectivity index (χ2n) is 9.45. The minimum absolute atomic E-state index is 0.00610. The van der Waals surface area contributed by atoms with Gasteiger partial charge in [0, 0.05) is 44.2 Å². The van der Waals surface area contributed by atoms with E-state index in [0.29, 0.717) is 31.5 Å². The number of anilines is 1. The van der Waals surface area contributed by atoms with Crippen molar-refractivity contribution in [1.82, 2.24) is 9.80 Å². The maximum Gasteiger partial charge on any atom is 0.415 e. The summed E-state index contributed by atoms with van der Waals surface area (Å²) in [5.41, 5.74) is 1.07. The fraction of sp³-hybridized carbons (Fsp3) is 0.440. The largest absolute Gasteiger partial charge is 0.495 e. The third kappa shape index (κ3) is 4.14. The summed E-state index contributed by atoms with van der Waals surface area (Å²) in [5.74, 6) is 0.551. The van der Waals surface area contributed by atoms with Gasteiger partial charge in [-0.1, -0.05) is 18.6 Å². The maximum atomic E-state index is 13.2. The van der Waals surface area contributed by atoms with Gasteiger partial charge < -0.3 is 19.3 Å². The van der Waals surface area contributed by atoms with Crippen molar-refractivity contribution in [3.63, 3.8) is 0 Å². The SMILES string of the molecule is COc1ccccc1S(=O)(=O)Nc1cc(OC(=O)N2CCN(C)CC2)c2c(c1)C1(CCC1)C(=O)C2. The third-order valence-electron chi connectivity index (χ3n) is 7.37. The molecular formula is C25H29N3O6S. The van der Waals surface area contributed by atoms with Crippen molar-refractivity contribution >= 4 is 27.6 Å². The predicted molar refractivity (Wildman–Crippen MR) is 130 cm³/mol. The highest BCUT2D eigenvalue weighted by molar-refractivity contribution is 7.92. The number of carbonyl (C=O) groups is 2. The van der Waals surface area contributed by atoms with Crippen LogP contribution in [0.4, 0.5) is 10.5 Å². The Morgan fingerprint density at radius 1 is 1.06 bits per heavy atom. The van der Waals surface area contributed by atoms with Gasteiger partial charge in [0.2, 0.25) is 0 Å². The molecule has 0 unspecified atom stereocenters. The summed E-state index contributed by atoms with van der Waals surface area (Å²) in [6.07, 6.45) is 2.05. The topological polar surface area (TPSA) is 105 Å². The quantitative estimate of drug-likeness (QED) is 0.674. The van der Waals surface area contributed by atoms with Gasteiger partial charge in [0.1, 0.15) is 22.2 Å². The van der Waals surface area contributed by atoms with Gasteiger partial charge in [-0.25, -0.2) is 13.2 Å². The summed E-state index contributed by atoms with van der Waals surface area (Å²) in [4.78, 5) is 29.7. The Morgan fingerprint density at radius 3 is 2.43 bits per heavy atom. The van der Waals surface area contributed by atoms with Gasteiger partial charge in [-0.2, -0.15) is 0 Å². The van der Waals surface area contributed by atoms with Crippen molar-refractivity contribution in [3.8, 4) is 11.5 Å². The average Bonchev–Trinajstić information content (AvgIpc) is 3.11. The normalized spacial score (nSPS) is 19.3. The molecule has 1 N–H and O–H groups in total. The summed E-state index contributed by atoms with van der Waals surface area (Å²) in [7, 11) is -0.596. The molecule has 1 aliphatic heterocycles. The van der Waals surface area contributed by atoms with Gasteiger partial charge in [0.05, 0.1) is 18.2 Å². The fourth-order valence-corrected chi connectivity index (χ4v) is 6.37. The number of carbonyl (C=O) groups excluding carboxylic acids is 2. The lowest BCUT2D eigenvalue weighted by molar-refractivity contribution is -0.125. The molecule has 1 saturated carbocycles. The van der Waals surface area contributed by atoms with Crippen LogP contribution < -0.4 is 14.2 Å². The van der Waals surface area contributed by atoms with Crippen molar-refractivity contribution in [2.75, 3.05) is 45.1 Å². The van der Waals surface area contributed by atoms with Gasteiger partial charge in [-0.05, 0) is 43.7 Å². The second-order valence-corrected chi connectivity index (χ2v) is 11.1.